The summed E-state index contributed by atoms with van der Waals surface area (Å²) in [7, 11) is 0. The number of carbonyl (C=O) groups is 7. The van der Waals surface area contributed by atoms with E-state index >= 15 is 0 Å². The lowest BCUT2D eigenvalue weighted by Gasteiger charge is -2.27. The molecular formula is C23H40N6O9. The van der Waals surface area contributed by atoms with Crippen molar-refractivity contribution in [1.82, 2.24) is 26.6 Å². The summed E-state index contributed by atoms with van der Waals surface area (Å²) in [6.45, 7) is 9.23. The molecule has 5 atom stereocenters. The van der Waals surface area contributed by atoms with Crippen molar-refractivity contribution in [3.63, 3.8) is 0 Å². The molecule has 9 N–H and O–H groups in total. The van der Waals surface area contributed by atoms with Gasteiger partial charge in [0.25, 0.3) is 0 Å². The SMILES string of the molecule is CC(C)C[C@H](NC(=O)[C@@H](NC(=O)[C@H](C)N)C(C)C)C(=O)N[C@@H](C)C(=O)NCC(=O)N[C@@H](CC(=O)O)C(=O)O. The van der Waals surface area contributed by atoms with Crippen LogP contribution in [0.15, 0.2) is 0 Å². The Labute approximate surface area is 221 Å². The van der Waals surface area contributed by atoms with Crippen LogP contribution < -0.4 is 32.3 Å². The number of amides is 5. The van der Waals surface area contributed by atoms with E-state index in [1.54, 1.807) is 13.8 Å². The second-order valence-corrected chi connectivity index (χ2v) is 9.71. The van der Waals surface area contributed by atoms with Crippen molar-refractivity contribution >= 4 is 41.5 Å². The quantitative estimate of drug-likeness (QED) is 0.103. The molecule has 0 saturated heterocycles. The number of hydrogen-bond acceptors (Lipinski definition) is 8. The van der Waals surface area contributed by atoms with Gasteiger partial charge in [-0.3, -0.25) is 28.8 Å². The van der Waals surface area contributed by atoms with Crippen LogP contribution in [0.25, 0.3) is 0 Å². The molecule has 0 heterocycles. The summed E-state index contributed by atoms with van der Waals surface area (Å²) in [5.74, 6) is -6.85. The van der Waals surface area contributed by atoms with Gasteiger partial charge in [-0.25, -0.2) is 4.79 Å². The Balaban J connectivity index is 5.18. The largest absolute Gasteiger partial charge is 0.481 e. The zero-order chi connectivity index (χ0) is 29.7. The molecule has 216 valence electrons. The van der Waals surface area contributed by atoms with Crippen molar-refractivity contribution < 1.29 is 43.8 Å². The van der Waals surface area contributed by atoms with E-state index in [0.29, 0.717) is 0 Å². The highest BCUT2D eigenvalue weighted by Gasteiger charge is 2.31. The number of aliphatic carboxylic acids is 2. The summed E-state index contributed by atoms with van der Waals surface area (Å²) in [4.78, 5) is 83.8. The predicted octanol–water partition coefficient (Wildman–Crippen LogP) is -2.33. The first-order valence-electron chi connectivity index (χ1n) is 12.1. The van der Waals surface area contributed by atoms with Crippen LogP contribution >= 0.6 is 0 Å². The van der Waals surface area contributed by atoms with Crippen LogP contribution in [0.3, 0.4) is 0 Å². The van der Waals surface area contributed by atoms with Crippen LogP contribution in [0, 0.1) is 11.8 Å². The van der Waals surface area contributed by atoms with Crippen LogP contribution in [-0.4, -0.2) is 88.4 Å². The lowest BCUT2D eigenvalue weighted by molar-refractivity contribution is -0.147. The van der Waals surface area contributed by atoms with Crippen molar-refractivity contribution in [2.75, 3.05) is 6.54 Å². The standard InChI is InChI=1S/C23H40N6O9/c1-10(2)7-14(28-22(36)18(11(3)4)29-19(33)12(5)24)21(35)26-13(6)20(34)25-9-16(30)27-15(23(37)38)8-17(31)32/h10-15,18H,7-9,24H2,1-6H3,(H,25,34)(H,26,35)(H,27,30)(H,28,36)(H,29,33)(H,31,32)(H,37,38)/t12-,13-,14-,15-,18-/m0/s1. The number of carbonyl (C=O) groups excluding carboxylic acids is 5. The number of carboxylic acid groups (broad SMARTS) is 2. The maximum absolute atomic E-state index is 12.9. The predicted molar refractivity (Wildman–Crippen MR) is 134 cm³/mol. The van der Waals surface area contributed by atoms with Crippen LogP contribution in [0.2, 0.25) is 0 Å². The van der Waals surface area contributed by atoms with E-state index < -0.39 is 84.6 Å². The number of nitrogens with two attached hydrogens (primary N) is 1. The van der Waals surface area contributed by atoms with Crippen molar-refractivity contribution in [2.24, 2.45) is 17.6 Å². The molecule has 0 bridgehead atoms. The van der Waals surface area contributed by atoms with Gasteiger partial charge in [-0.05, 0) is 32.1 Å². The first kappa shape index (κ1) is 34.2. The average molecular weight is 545 g/mol. The zero-order valence-corrected chi connectivity index (χ0v) is 22.5. The highest BCUT2D eigenvalue weighted by atomic mass is 16.4. The third kappa shape index (κ3) is 13.0. The minimum atomic E-state index is -1.68. The molecule has 5 amide bonds. The summed E-state index contributed by atoms with van der Waals surface area (Å²) in [6, 6.07) is -5.66. The Hall–Kier alpha value is -3.75. The highest BCUT2D eigenvalue weighted by molar-refractivity contribution is 5.95. The number of hydrogen-bond donors (Lipinski definition) is 8. The van der Waals surface area contributed by atoms with E-state index in [1.165, 1.54) is 13.8 Å². The van der Waals surface area contributed by atoms with E-state index in [4.69, 9.17) is 15.9 Å². The fourth-order valence-corrected chi connectivity index (χ4v) is 3.10. The summed E-state index contributed by atoms with van der Waals surface area (Å²) >= 11 is 0. The van der Waals surface area contributed by atoms with Gasteiger partial charge in [-0.15, -0.1) is 0 Å². The Morgan fingerprint density at radius 3 is 1.74 bits per heavy atom. The molecule has 0 aliphatic heterocycles. The van der Waals surface area contributed by atoms with Gasteiger partial charge in [0.05, 0.1) is 19.0 Å². The van der Waals surface area contributed by atoms with Gasteiger partial charge in [0.1, 0.15) is 24.2 Å². The molecule has 0 aliphatic rings. The van der Waals surface area contributed by atoms with Gasteiger partial charge in [0.15, 0.2) is 0 Å². The molecule has 38 heavy (non-hydrogen) atoms. The lowest BCUT2D eigenvalue weighted by Crippen LogP contribution is -2.58. The minimum Gasteiger partial charge on any atom is -0.481 e. The smallest absolute Gasteiger partial charge is 0.326 e. The van der Waals surface area contributed by atoms with E-state index in [0.717, 1.165) is 0 Å². The van der Waals surface area contributed by atoms with Crippen molar-refractivity contribution in [3.8, 4) is 0 Å². The van der Waals surface area contributed by atoms with E-state index in [9.17, 15) is 33.6 Å². The fraction of sp³-hybridized carbons (Fsp3) is 0.696. The second-order valence-electron chi connectivity index (χ2n) is 9.71. The van der Waals surface area contributed by atoms with Crippen LogP contribution in [0.1, 0.15) is 54.4 Å². The molecule has 0 aromatic carbocycles. The topological polar surface area (TPSA) is 246 Å². The Morgan fingerprint density at radius 2 is 1.29 bits per heavy atom. The van der Waals surface area contributed by atoms with Crippen LogP contribution in [0.4, 0.5) is 0 Å². The molecule has 0 radical (unpaired) electrons. The normalized spacial score (nSPS) is 14.9. The van der Waals surface area contributed by atoms with Crippen LogP contribution in [-0.2, 0) is 33.6 Å². The molecule has 0 unspecified atom stereocenters. The van der Waals surface area contributed by atoms with E-state index in [-0.39, 0.29) is 18.3 Å². The number of nitrogens with one attached hydrogen (secondary N) is 5. The summed E-state index contributed by atoms with van der Waals surface area (Å²) in [5.41, 5.74) is 5.56. The third-order valence-corrected chi connectivity index (χ3v) is 5.19. The van der Waals surface area contributed by atoms with Gasteiger partial charge in [-0.1, -0.05) is 27.7 Å². The molecule has 0 aromatic rings. The fourth-order valence-electron chi connectivity index (χ4n) is 3.10. The summed E-state index contributed by atoms with van der Waals surface area (Å²) in [6.07, 6.45) is -0.627. The first-order chi connectivity index (χ1) is 17.5. The molecule has 15 heteroatoms. The molecule has 15 nitrogen and oxygen atoms in total. The molecular weight excluding hydrogens is 504 g/mol. The van der Waals surface area contributed by atoms with Crippen molar-refractivity contribution in [2.45, 2.75) is 84.6 Å². The molecule has 0 aromatic heterocycles. The van der Waals surface area contributed by atoms with Crippen molar-refractivity contribution in [1.29, 1.82) is 0 Å². The molecule has 0 rings (SSSR count). The molecule has 0 aliphatic carbocycles. The third-order valence-electron chi connectivity index (χ3n) is 5.19. The number of carboxylic acids is 2. The Morgan fingerprint density at radius 1 is 0.711 bits per heavy atom. The summed E-state index contributed by atoms with van der Waals surface area (Å²) in [5, 5.41) is 29.5. The summed E-state index contributed by atoms with van der Waals surface area (Å²) < 4.78 is 0. The monoisotopic (exact) mass is 544 g/mol. The molecule has 0 spiro atoms. The van der Waals surface area contributed by atoms with Crippen LogP contribution in [0.5, 0.6) is 0 Å². The lowest BCUT2D eigenvalue weighted by atomic mass is 9.99. The minimum absolute atomic E-state index is 0.0250. The molecule has 0 fully saturated rings. The van der Waals surface area contributed by atoms with Crippen molar-refractivity contribution in [3.05, 3.63) is 0 Å². The van der Waals surface area contributed by atoms with E-state index in [2.05, 4.69) is 21.3 Å². The Bertz CT molecular complexity index is 891. The van der Waals surface area contributed by atoms with Gasteiger partial charge in [0, 0.05) is 0 Å². The van der Waals surface area contributed by atoms with E-state index in [1.807, 2.05) is 19.2 Å². The van der Waals surface area contributed by atoms with Gasteiger partial charge in [0.2, 0.25) is 29.5 Å². The Kier molecular flexibility index (Phi) is 14.6. The van der Waals surface area contributed by atoms with Gasteiger partial charge < -0.3 is 42.5 Å². The number of rotatable bonds is 16. The van der Waals surface area contributed by atoms with Gasteiger partial charge >= 0.3 is 11.9 Å². The van der Waals surface area contributed by atoms with Gasteiger partial charge in [-0.2, -0.15) is 0 Å². The maximum atomic E-state index is 12.9. The average Bonchev–Trinajstić information content (AvgIpc) is 2.78. The highest BCUT2D eigenvalue weighted by Crippen LogP contribution is 2.08. The maximum Gasteiger partial charge on any atom is 0.326 e. The second kappa shape index (κ2) is 16.2. The molecule has 0 saturated carbocycles. The zero-order valence-electron chi connectivity index (χ0n) is 22.5. The first-order valence-corrected chi connectivity index (χ1v) is 12.1.